The number of amides is 3. The first-order valence-corrected chi connectivity index (χ1v) is 9.13. The Kier molecular flexibility index (Phi) is 5.94. The number of piperazine rings is 1. The molecule has 146 valence electrons. The molecule has 2 aromatic rings. The van der Waals surface area contributed by atoms with Gasteiger partial charge in [0.1, 0.15) is 11.9 Å². The number of anilines is 1. The molecule has 1 heterocycles. The number of hydrogen-bond acceptors (Lipinski definition) is 3. The molecule has 0 aromatic heterocycles. The van der Waals surface area contributed by atoms with Crippen LogP contribution in [0.2, 0.25) is 5.02 Å². The monoisotopic (exact) mass is 403 g/mol. The molecule has 6 nitrogen and oxygen atoms in total. The van der Waals surface area contributed by atoms with Gasteiger partial charge in [0.15, 0.2) is 0 Å². The fourth-order valence-corrected chi connectivity index (χ4v) is 3.20. The normalized spacial score (nSPS) is 16.5. The van der Waals surface area contributed by atoms with E-state index in [-0.39, 0.29) is 25.1 Å². The van der Waals surface area contributed by atoms with Crippen LogP contribution in [0.1, 0.15) is 22.3 Å². The van der Waals surface area contributed by atoms with Crippen LogP contribution in [0.15, 0.2) is 42.5 Å². The van der Waals surface area contributed by atoms with E-state index in [0.717, 1.165) is 5.56 Å². The quantitative estimate of drug-likeness (QED) is 0.824. The maximum absolute atomic E-state index is 13.1. The van der Waals surface area contributed by atoms with E-state index in [2.05, 4.69) is 10.6 Å². The molecule has 3 amide bonds. The summed E-state index contributed by atoms with van der Waals surface area (Å²) in [6.07, 6.45) is -0.204. The van der Waals surface area contributed by atoms with Gasteiger partial charge in [-0.15, -0.1) is 0 Å². The standard InChI is InChI=1S/C20H19ClFN3O3/c1-12-2-5-14(21)10-16(12)24-18(26)11-17-19(27)23-8-9-25(17)20(28)13-3-6-15(22)7-4-13/h2-7,10,17H,8-9,11H2,1H3,(H,23,27)(H,24,26). The van der Waals surface area contributed by atoms with Crippen LogP contribution in [0.25, 0.3) is 0 Å². The average molecular weight is 404 g/mol. The van der Waals surface area contributed by atoms with Crippen molar-refractivity contribution in [2.24, 2.45) is 0 Å². The number of hydrogen-bond donors (Lipinski definition) is 2. The highest BCUT2D eigenvalue weighted by Gasteiger charge is 2.35. The Morgan fingerprint density at radius 1 is 1.25 bits per heavy atom. The van der Waals surface area contributed by atoms with Crippen LogP contribution < -0.4 is 10.6 Å². The summed E-state index contributed by atoms with van der Waals surface area (Å²) in [5.74, 6) is -1.70. The Morgan fingerprint density at radius 3 is 2.68 bits per heavy atom. The number of aryl methyl sites for hydroxylation is 1. The van der Waals surface area contributed by atoms with E-state index in [0.29, 0.717) is 10.7 Å². The lowest BCUT2D eigenvalue weighted by Gasteiger charge is -2.34. The van der Waals surface area contributed by atoms with Crippen molar-refractivity contribution in [1.82, 2.24) is 10.2 Å². The molecule has 2 N–H and O–H groups in total. The lowest BCUT2D eigenvalue weighted by molar-refractivity contribution is -0.131. The Bertz CT molecular complexity index is 917. The van der Waals surface area contributed by atoms with E-state index in [4.69, 9.17) is 11.6 Å². The summed E-state index contributed by atoms with van der Waals surface area (Å²) in [6.45, 7) is 2.37. The Labute approximate surface area is 166 Å². The molecule has 1 saturated heterocycles. The fourth-order valence-electron chi connectivity index (χ4n) is 3.02. The van der Waals surface area contributed by atoms with Gasteiger partial charge >= 0.3 is 0 Å². The molecule has 1 aliphatic heterocycles. The SMILES string of the molecule is Cc1ccc(Cl)cc1NC(=O)CC1C(=O)NCCN1C(=O)c1ccc(F)cc1. The molecule has 1 aliphatic rings. The topological polar surface area (TPSA) is 78.5 Å². The van der Waals surface area contributed by atoms with E-state index in [1.165, 1.54) is 29.2 Å². The van der Waals surface area contributed by atoms with E-state index in [1.807, 2.05) is 6.92 Å². The summed E-state index contributed by atoms with van der Waals surface area (Å²) < 4.78 is 13.1. The summed E-state index contributed by atoms with van der Waals surface area (Å²) in [6, 6.07) is 9.23. The molecule has 3 rings (SSSR count). The molecular weight excluding hydrogens is 385 g/mol. The third kappa shape index (κ3) is 4.48. The van der Waals surface area contributed by atoms with Crippen LogP contribution in [0.3, 0.4) is 0 Å². The van der Waals surface area contributed by atoms with Gasteiger partial charge in [0.05, 0.1) is 6.42 Å². The second-order valence-corrected chi connectivity index (χ2v) is 6.96. The molecule has 1 unspecified atom stereocenters. The summed E-state index contributed by atoms with van der Waals surface area (Å²) in [7, 11) is 0. The lowest BCUT2D eigenvalue weighted by atomic mass is 10.1. The van der Waals surface area contributed by atoms with Crippen molar-refractivity contribution in [3.63, 3.8) is 0 Å². The number of benzene rings is 2. The number of halogens is 2. The van der Waals surface area contributed by atoms with Crippen molar-refractivity contribution in [3.8, 4) is 0 Å². The van der Waals surface area contributed by atoms with Crippen LogP contribution >= 0.6 is 11.6 Å². The summed E-state index contributed by atoms with van der Waals surface area (Å²) >= 11 is 5.96. The van der Waals surface area contributed by atoms with Gasteiger partial charge < -0.3 is 15.5 Å². The lowest BCUT2D eigenvalue weighted by Crippen LogP contribution is -2.58. The third-order valence-electron chi connectivity index (χ3n) is 4.54. The second kappa shape index (κ2) is 8.39. The zero-order valence-electron chi connectivity index (χ0n) is 15.2. The molecule has 0 aliphatic carbocycles. The number of nitrogens with one attached hydrogen (secondary N) is 2. The number of carbonyl (C=O) groups is 3. The van der Waals surface area contributed by atoms with Gasteiger partial charge in [0.2, 0.25) is 11.8 Å². The predicted octanol–water partition coefficient (Wildman–Crippen LogP) is 2.76. The van der Waals surface area contributed by atoms with Gasteiger partial charge in [-0.3, -0.25) is 14.4 Å². The minimum absolute atomic E-state index is 0.204. The predicted molar refractivity (Wildman–Crippen MR) is 104 cm³/mol. The molecule has 0 bridgehead atoms. The van der Waals surface area contributed by atoms with Crippen LogP contribution in [0, 0.1) is 12.7 Å². The van der Waals surface area contributed by atoms with Gasteiger partial charge in [-0.05, 0) is 48.9 Å². The molecule has 0 spiro atoms. The summed E-state index contributed by atoms with van der Waals surface area (Å²) in [5, 5.41) is 5.88. The minimum atomic E-state index is -0.953. The first kappa shape index (κ1) is 19.8. The van der Waals surface area contributed by atoms with E-state index in [9.17, 15) is 18.8 Å². The smallest absolute Gasteiger partial charge is 0.254 e. The van der Waals surface area contributed by atoms with Gasteiger partial charge in [-0.25, -0.2) is 4.39 Å². The van der Waals surface area contributed by atoms with E-state index < -0.39 is 29.6 Å². The average Bonchev–Trinajstić information content (AvgIpc) is 2.66. The van der Waals surface area contributed by atoms with Crippen LogP contribution in [-0.2, 0) is 9.59 Å². The van der Waals surface area contributed by atoms with Crippen LogP contribution in [-0.4, -0.2) is 41.8 Å². The third-order valence-corrected chi connectivity index (χ3v) is 4.77. The van der Waals surface area contributed by atoms with E-state index in [1.54, 1.807) is 18.2 Å². The number of rotatable bonds is 4. The highest BCUT2D eigenvalue weighted by molar-refractivity contribution is 6.31. The van der Waals surface area contributed by atoms with Crippen LogP contribution in [0.4, 0.5) is 10.1 Å². The van der Waals surface area contributed by atoms with Gasteiger partial charge in [0.25, 0.3) is 5.91 Å². The molecule has 2 aromatic carbocycles. The molecule has 0 radical (unpaired) electrons. The zero-order chi connectivity index (χ0) is 20.3. The second-order valence-electron chi connectivity index (χ2n) is 6.52. The largest absolute Gasteiger partial charge is 0.353 e. The zero-order valence-corrected chi connectivity index (χ0v) is 15.9. The Morgan fingerprint density at radius 2 is 1.96 bits per heavy atom. The minimum Gasteiger partial charge on any atom is -0.353 e. The highest BCUT2D eigenvalue weighted by Crippen LogP contribution is 2.21. The Hall–Kier alpha value is -2.93. The highest BCUT2D eigenvalue weighted by atomic mass is 35.5. The summed E-state index contributed by atoms with van der Waals surface area (Å²) in [5.41, 5.74) is 1.63. The number of nitrogens with zero attached hydrogens (tertiary/aromatic N) is 1. The van der Waals surface area contributed by atoms with Gasteiger partial charge in [0, 0.05) is 29.4 Å². The van der Waals surface area contributed by atoms with Crippen molar-refractivity contribution in [2.75, 3.05) is 18.4 Å². The van der Waals surface area contributed by atoms with E-state index >= 15 is 0 Å². The molecule has 8 heteroatoms. The maximum Gasteiger partial charge on any atom is 0.254 e. The molecule has 28 heavy (non-hydrogen) atoms. The van der Waals surface area contributed by atoms with Crippen molar-refractivity contribution in [2.45, 2.75) is 19.4 Å². The molecule has 1 atom stereocenters. The van der Waals surface area contributed by atoms with Crippen molar-refractivity contribution < 1.29 is 18.8 Å². The van der Waals surface area contributed by atoms with Gasteiger partial charge in [-0.1, -0.05) is 17.7 Å². The van der Waals surface area contributed by atoms with Crippen molar-refractivity contribution >= 4 is 35.0 Å². The van der Waals surface area contributed by atoms with Gasteiger partial charge in [-0.2, -0.15) is 0 Å². The van der Waals surface area contributed by atoms with Crippen LogP contribution in [0.5, 0.6) is 0 Å². The first-order valence-electron chi connectivity index (χ1n) is 8.75. The number of carbonyl (C=O) groups excluding carboxylic acids is 3. The maximum atomic E-state index is 13.1. The molecular formula is C20H19ClFN3O3. The van der Waals surface area contributed by atoms with Crippen molar-refractivity contribution in [3.05, 3.63) is 64.4 Å². The van der Waals surface area contributed by atoms with Crippen molar-refractivity contribution in [1.29, 1.82) is 0 Å². The fraction of sp³-hybridized carbons (Fsp3) is 0.250. The Balaban J connectivity index is 1.76. The summed E-state index contributed by atoms with van der Waals surface area (Å²) in [4.78, 5) is 39.0. The molecule has 0 saturated carbocycles. The molecule has 1 fully saturated rings. The first-order chi connectivity index (χ1) is 13.3.